The molecule has 24 heavy (non-hydrogen) atoms. The van der Waals surface area contributed by atoms with Crippen molar-refractivity contribution in [3.05, 3.63) is 64.5 Å². The molecule has 0 aliphatic rings. The van der Waals surface area contributed by atoms with Crippen LogP contribution in [0.4, 0.5) is 10.1 Å². The Morgan fingerprint density at radius 2 is 1.79 bits per heavy atom. The summed E-state index contributed by atoms with van der Waals surface area (Å²) in [5.74, 6) is -0.326. The number of likely N-dealkylation sites (N-methyl/N-ethyl adjacent to an activating group) is 1. The average molecular weight is 328 g/mol. The number of rotatable bonds is 5. The number of carbonyl (C=O) groups is 1. The van der Waals surface area contributed by atoms with Crippen LogP contribution in [0.5, 0.6) is 0 Å². The molecule has 0 aliphatic heterocycles. The summed E-state index contributed by atoms with van der Waals surface area (Å²) < 4.78 is 13.3. The molecule has 0 aromatic heterocycles. The van der Waals surface area contributed by atoms with E-state index >= 15 is 0 Å². The van der Waals surface area contributed by atoms with Crippen molar-refractivity contribution >= 4 is 11.6 Å². The second-order valence-electron chi connectivity index (χ2n) is 6.48. The van der Waals surface area contributed by atoms with Crippen LogP contribution in [0.3, 0.4) is 0 Å². The quantitative estimate of drug-likeness (QED) is 0.892. The number of halogens is 1. The lowest BCUT2D eigenvalue weighted by Crippen LogP contribution is -2.39. The van der Waals surface area contributed by atoms with Crippen LogP contribution in [0.2, 0.25) is 0 Å². The summed E-state index contributed by atoms with van der Waals surface area (Å²) in [6.45, 7) is 8.40. The Morgan fingerprint density at radius 1 is 1.17 bits per heavy atom. The third-order valence-electron chi connectivity index (χ3n) is 4.29. The van der Waals surface area contributed by atoms with E-state index in [0.29, 0.717) is 6.54 Å². The Morgan fingerprint density at radius 3 is 2.38 bits per heavy atom. The highest BCUT2D eigenvalue weighted by Crippen LogP contribution is 2.22. The number of amides is 1. The van der Waals surface area contributed by atoms with Crippen LogP contribution in [-0.2, 0) is 11.3 Å². The first-order valence-corrected chi connectivity index (χ1v) is 8.11. The summed E-state index contributed by atoms with van der Waals surface area (Å²) in [7, 11) is 1.87. The number of nitrogens with zero attached hydrogens (tertiary/aromatic N) is 1. The third-order valence-corrected chi connectivity index (χ3v) is 4.29. The van der Waals surface area contributed by atoms with Crippen molar-refractivity contribution in [3.63, 3.8) is 0 Å². The maximum atomic E-state index is 13.3. The monoisotopic (exact) mass is 328 g/mol. The van der Waals surface area contributed by atoms with E-state index in [4.69, 9.17) is 0 Å². The lowest BCUT2D eigenvalue weighted by Gasteiger charge is -2.25. The highest BCUT2D eigenvalue weighted by molar-refractivity contribution is 5.95. The predicted molar refractivity (Wildman–Crippen MR) is 96.6 cm³/mol. The van der Waals surface area contributed by atoms with Gasteiger partial charge in [0, 0.05) is 12.2 Å². The molecule has 0 heterocycles. The van der Waals surface area contributed by atoms with E-state index in [1.807, 2.05) is 45.7 Å². The fourth-order valence-corrected chi connectivity index (χ4v) is 2.87. The Balaban J connectivity index is 2.06. The lowest BCUT2D eigenvalue weighted by molar-refractivity contribution is -0.120. The second-order valence-corrected chi connectivity index (χ2v) is 6.48. The van der Waals surface area contributed by atoms with Crippen LogP contribution in [0, 0.1) is 26.6 Å². The zero-order valence-corrected chi connectivity index (χ0v) is 15.0. The molecule has 0 fully saturated rings. The van der Waals surface area contributed by atoms with Gasteiger partial charge >= 0.3 is 0 Å². The number of anilines is 1. The van der Waals surface area contributed by atoms with Crippen LogP contribution in [0.25, 0.3) is 0 Å². The highest BCUT2D eigenvalue weighted by Gasteiger charge is 2.19. The van der Waals surface area contributed by atoms with Gasteiger partial charge in [-0.05, 0) is 63.6 Å². The van der Waals surface area contributed by atoms with E-state index < -0.39 is 0 Å². The lowest BCUT2D eigenvalue weighted by atomic mass is 10.0. The summed E-state index contributed by atoms with van der Waals surface area (Å²) in [6.07, 6.45) is 0. The highest BCUT2D eigenvalue weighted by atomic mass is 19.1. The Labute approximate surface area is 143 Å². The normalized spacial score (nSPS) is 12.3. The van der Waals surface area contributed by atoms with Gasteiger partial charge in [0.25, 0.3) is 0 Å². The molecule has 1 N–H and O–H groups in total. The third kappa shape index (κ3) is 4.42. The standard InChI is InChI=1S/C20H25FN2O/c1-13-9-14(2)19(15(3)10-13)22-20(24)16(4)23(5)12-17-7-6-8-18(21)11-17/h6-11,16H,12H2,1-5H3,(H,22,24). The predicted octanol–water partition coefficient (Wildman–Crippen LogP) is 4.21. The number of nitrogens with one attached hydrogen (secondary N) is 1. The molecule has 1 amide bonds. The first-order chi connectivity index (χ1) is 11.3. The molecule has 0 radical (unpaired) electrons. The molecular weight excluding hydrogens is 303 g/mol. The molecule has 4 heteroatoms. The van der Waals surface area contributed by atoms with Gasteiger partial charge in [-0.3, -0.25) is 9.69 Å². The van der Waals surface area contributed by atoms with Crippen molar-refractivity contribution in [3.8, 4) is 0 Å². The minimum Gasteiger partial charge on any atom is -0.324 e. The Bertz CT molecular complexity index is 719. The molecular formula is C20H25FN2O. The summed E-state index contributed by atoms with van der Waals surface area (Å²) in [5, 5.41) is 3.03. The molecule has 2 aromatic rings. The van der Waals surface area contributed by atoms with Crippen molar-refractivity contribution in [2.75, 3.05) is 12.4 Å². The SMILES string of the molecule is Cc1cc(C)c(NC(=O)C(C)N(C)Cc2cccc(F)c2)c(C)c1. The molecule has 1 atom stereocenters. The van der Waals surface area contributed by atoms with Gasteiger partial charge in [0.2, 0.25) is 5.91 Å². The molecule has 0 aliphatic carbocycles. The number of hydrogen-bond acceptors (Lipinski definition) is 2. The molecule has 2 rings (SSSR count). The van der Waals surface area contributed by atoms with E-state index in [2.05, 4.69) is 17.4 Å². The Hall–Kier alpha value is -2.20. The van der Waals surface area contributed by atoms with Crippen molar-refractivity contribution < 1.29 is 9.18 Å². The largest absolute Gasteiger partial charge is 0.324 e. The topological polar surface area (TPSA) is 32.3 Å². The number of carbonyl (C=O) groups excluding carboxylic acids is 1. The summed E-state index contributed by atoms with van der Waals surface area (Å²) >= 11 is 0. The van der Waals surface area contributed by atoms with Gasteiger partial charge in [-0.1, -0.05) is 29.8 Å². The van der Waals surface area contributed by atoms with Gasteiger partial charge in [0.15, 0.2) is 0 Å². The zero-order chi connectivity index (χ0) is 17.9. The van der Waals surface area contributed by atoms with Crippen LogP contribution in [0.1, 0.15) is 29.2 Å². The molecule has 2 aromatic carbocycles. The minimum absolute atomic E-state index is 0.0658. The van der Waals surface area contributed by atoms with Crippen LogP contribution >= 0.6 is 0 Å². The molecule has 0 saturated heterocycles. The van der Waals surface area contributed by atoms with Crippen molar-refractivity contribution in [1.29, 1.82) is 0 Å². The number of hydrogen-bond donors (Lipinski definition) is 1. The van der Waals surface area contributed by atoms with E-state index in [0.717, 1.165) is 22.4 Å². The van der Waals surface area contributed by atoms with Crippen molar-refractivity contribution in [2.24, 2.45) is 0 Å². The van der Waals surface area contributed by atoms with Gasteiger partial charge in [-0.2, -0.15) is 0 Å². The van der Waals surface area contributed by atoms with Crippen LogP contribution in [-0.4, -0.2) is 23.9 Å². The Kier molecular flexibility index (Phi) is 5.73. The van der Waals surface area contributed by atoms with Crippen LogP contribution in [0.15, 0.2) is 36.4 Å². The van der Waals surface area contributed by atoms with E-state index in [1.54, 1.807) is 6.07 Å². The first kappa shape index (κ1) is 18.1. The maximum absolute atomic E-state index is 13.3. The maximum Gasteiger partial charge on any atom is 0.241 e. The zero-order valence-electron chi connectivity index (χ0n) is 15.0. The van der Waals surface area contributed by atoms with Crippen molar-refractivity contribution in [1.82, 2.24) is 4.90 Å². The molecule has 1 unspecified atom stereocenters. The van der Waals surface area contributed by atoms with Gasteiger partial charge in [-0.25, -0.2) is 4.39 Å². The smallest absolute Gasteiger partial charge is 0.241 e. The van der Waals surface area contributed by atoms with Gasteiger partial charge in [0.05, 0.1) is 6.04 Å². The van der Waals surface area contributed by atoms with Gasteiger partial charge < -0.3 is 5.32 Å². The minimum atomic E-state index is -0.326. The fraction of sp³-hybridized carbons (Fsp3) is 0.350. The number of benzene rings is 2. The average Bonchev–Trinajstić information content (AvgIpc) is 2.49. The van der Waals surface area contributed by atoms with Crippen molar-refractivity contribution in [2.45, 2.75) is 40.3 Å². The van der Waals surface area contributed by atoms with Gasteiger partial charge in [-0.15, -0.1) is 0 Å². The first-order valence-electron chi connectivity index (χ1n) is 8.11. The molecule has 128 valence electrons. The molecule has 3 nitrogen and oxygen atoms in total. The summed E-state index contributed by atoms with van der Waals surface area (Å²) in [4.78, 5) is 14.5. The molecule has 0 bridgehead atoms. The molecule has 0 spiro atoms. The van der Waals surface area contributed by atoms with E-state index in [9.17, 15) is 9.18 Å². The van der Waals surface area contributed by atoms with Crippen LogP contribution < -0.4 is 5.32 Å². The van der Waals surface area contributed by atoms with Gasteiger partial charge in [0.1, 0.15) is 5.82 Å². The second kappa shape index (κ2) is 7.58. The fourth-order valence-electron chi connectivity index (χ4n) is 2.87. The van der Waals surface area contributed by atoms with E-state index in [-0.39, 0.29) is 17.8 Å². The number of aryl methyl sites for hydroxylation is 3. The summed E-state index contributed by atoms with van der Waals surface area (Å²) in [5.41, 5.74) is 5.01. The summed E-state index contributed by atoms with van der Waals surface area (Å²) in [6, 6.07) is 10.3. The molecule has 0 saturated carbocycles. The van der Waals surface area contributed by atoms with E-state index in [1.165, 1.54) is 17.7 Å².